The number of carbonyl (C=O) groups excluding carboxylic acids is 1. The third-order valence-corrected chi connectivity index (χ3v) is 4.07. The van der Waals surface area contributed by atoms with Gasteiger partial charge in [-0.25, -0.2) is 0 Å². The Labute approximate surface area is 104 Å². The number of Topliss-reactive ketones (excluding diaryl/α,β-unsaturated/α-hetero) is 1. The molecule has 1 aromatic heterocycles. The molecule has 1 fully saturated rings. The number of nitrogens with zero attached hydrogens (tertiary/aromatic N) is 1. The van der Waals surface area contributed by atoms with Gasteiger partial charge >= 0.3 is 0 Å². The molecule has 1 heterocycles. The Morgan fingerprint density at radius 3 is 2.94 bits per heavy atom. The molecular formula is C14H13NOS. The predicted octanol–water partition coefficient (Wildman–Crippen LogP) is 3.31. The molecule has 0 amide bonds. The van der Waals surface area contributed by atoms with Crippen molar-refractivity contribution < 1.29 is 4.79 Å². The summed E-state index contributed by atoms with van der Waals surface area (Å²) in [7, 11) is 0. The summed E-state index contributed by atoms with van der Waals surface area (Å²) in [5.74, 6) is 1.33. The Kier molecular flexibility index (Phi) is 2.85. The number of ketones is 1. The maximum absolute atomic E-state index is 11.7. The first-order chi connectivity index (χ1) is 8.34. The fourth-order valence-electron chi connectivity index (χ4n) is 1.86. The lowest BCUT2D eigenvalue weighted by atomic mass is 10.2. The van der Waals surface area contributed by atoms with Crippen LogP contribution in [0.2, 0.25) is 0 Å². The molecule has 2 nitrogen and oxygen atoms in total. The van der Waals surface area contributed by atoms with Crippen molar-refractivity contribution in [1.82, 2.24) is 4.98 Å². The van der Waals surface area contributed by atoms with Gasteiger partial charge in [0.15, 0.2) is 0 Å². The Morgan fingerprint density at radius 1 is 1.29 bits per heavy atom. The molecule has 3 heteroatoms. The second-order valence-corrected chi connectivity index (χ2v) is 5.38. The van der Waals surface area contributed by atoms with Crippen LogP contribution in [0.4, 0.5) is 0 Å². The lowest BCUT2D eigenvalue weighted by molar-refractivity contribution is -0.117. The second kappa shape index (κ2) is 4.49. The third-order valence-electron chi connectivity index (χ3n) is 3.00. The van der Waals surface area contributed by atoms with E-state index in [-0.39, 0.29) is 0 Å². The van der Waals surface area contributed by atoms with Crippen molar-refractivity contribution in [2.75, 3.05) is 5.75 Å². The second-order valence-electron chi connectivity index (χ2n) is 4.36. The lowest BCUT2D eigenvalue weighted by Crippen LogP contribution is -2.03. The zero-order chi connectivity index (χ0) is 11.7. The fourth-order valence-corrected chi connectivity index (χ4v) is 2.88. The number of pyridine rings is 1. The van der Waals surface area contributed by atoms with Crippen LogP contribution >= 0.6 is 11.8 Å². The van der Waals surface area contributed by atoms with Gasteiger partial charge in [0.25, 0.3) is 0 Å². The van der Waals surface area contributed by atoms with Gasteiger partial charge in [0.2, 0.25) is 0 Å². The van der Waals surface area contributed by atoms with Gasteiger partial charge in [0, 0.05) is 22.4 Å². The van der Waals surface area contributed by atoms with E-state index in [0.29, 0.717) is 17.5 Å². The number of hydrogen-bond acceptors (Lipinski definition) is 3. The molecule has 0 bridgehead atoms. The Hall–Kier alpha value is -1.35. The SMILES string of the molecule is O=C(CSc1cccc2cccnc12)C1CC1. The maximum Gasteiger partial charge on any atom is 0.146 e. The standard InChI is InChI=1S/C14H13NOS/c16-12(10-6-7-10)9-17-13-5-1-3-11-4-2-8-15-14(11)13/h1-5,8,10H,6-7,9H2. The first-order valence-electron chi connectivity index (χ1n) is 5.84. The average molecular weight is 243 g/mol. The highest BCUT2D eigenvalue weighted by atomic mass is 32.2. The summed E-state index contributed by atoms with van der Waals surface area (Å²) < 4.78 is 0. The molecule has 17 heavy (non-hydrogen) atoms. The van der Waals surface area contributed by atoms with E-state index in [9.17, 15) is 4.79 Å². The number of hydrogen-bond donors (Lipinski definition) is 0. The van der Waals surface area contributed by atoms with Crippen molar-refractivity contribution in [3.05, 3.63) is 36.5 Å². The maximum atomic E-state index is 11.7. The molecule has 2 aromatic rings. The molecule has 1 aliphatic rings. The Bertz CT molecular complexity index is 558. The fraction of sp³-hybridized carbons (Fsp3) is 0.286. The number of fused-ring (bicyclic) bond motifs is 1. The van der Waals surface area contributed by atoms with Crippen molar-refractivity contribution in [2.24, 2.45) is 5.92 Å². The number of thioether (sulfide) groups is 1. The van der Waals surface area contributed by atoms with E-state index < -0.39 is 0 Å². The molecule has 1 saturated carbocycles. The first kappa shape index (κ1) is 10.8. The van der Waals surface area contributed by atoms with Crippen LogP contribution in [-0.4, -0.2) is 16.5 Å². The monoisotopic (exact) mass is 243 g/mol. The summed E-state index contributed by atoms with van der Waals surface area (Å²) in [6, 6.07) is 10.1. The molecule has 1 aromatic carbocycles. The molecule has 0 spiro atoms. The molecule has 0 atom stereocenters. The molecule has 0 saturated heterocycles. The van der Waals surface area contributed by atoms with Crippen molar-refractivity contribution in [2.45, 2.75) is 17.7 Å². The largest absolute Gasteiger partial charge is 0.298 e. The van der Waals surface area contributed by atoms with Crippen LogP contribution < -0.4 is 0 Å². The summed E-state index contributed by atoms with van der Waals surface area (Å²) in [5.41, 5.74) is 1.00. The first-order valence-corrected chi connectivity index (χ1v) is 6.82. The minimum absolute atomic E-state index is 0.352. The van der Waals surface area contributed by atoms with Crippen molar-refractivity contribution in [1.29, 1.82) is 0 Å². The van der Waals surface area contributed by atoms with Gasteiger partial charge in [-0.05, 0) is 25.0 Å². The van der Waals surface area contributed by atoms with E-state index in [2.05, 4.69) is 17.1 Å². The molecular weight excluding hydrogens is 230 g/mol. The zero-order valence-electron chi connectivity index (χ0n) is 9.43. The minimum atomic E-state index is 0.352. The van der Waals surface area contributed by atoms with Crippen LogP contribution in [0.3, 0.4) is 0 Å². The molecule has 3 rings (SSSR count). The summed E-state index contributed by atoms with van der Waals surface area (Å²) in [6.07, 6.45) is 3.98. The number of carbonyl (C=O) groups is 1. The quantitative estimate of drug-likeness (QED) is 0.772. The van der Waals surface area contributed by atoms with Crippen LogP contribution in [0.25, 0.3) is 10.9 Å². The van der Waals surface area contributed by atoms with Crippen LogP contribution in [0.5, 0.6) is 0 Å². The Balaban J connectivity index is 1.82. The number of aromatic nitrogens is 1. The number of para-hydroxylation sites is 1. The van der Waals surface area contributed by atoms with E-state index >= 15 is 0 Å². The van der Waals surface area contributed by atoms with Crippen LogP contribution in [-0.2, 0) is 4.79 Å². The van der Waals surface area contributed by atoms with E-state index in [1.807, 2.05) is 18.2 Å². The highest BCUT2D eigenvalue weighted by Gasteiger charge is 2.29. The van der Waals surface area contributed by atoms with Crippen LogP contribution in [0.1, 0.15) is 12.8 Å². The topological polar surface area (TPSA) is 30.0 Å². The van der Waals surface area contributed by atoms with Gasteiger partial charge in [0.05, 0.1) is 11.3 Å². The van der Waals surface area contributed by atoms with E-state index in [4.69, 9.17) is 0 Å². The van der Waals surface area contributed by atoms with Gasteiger partial charge in [-0.3, -0.25) is 9.78 Å². The summed E-state index contributed by atoms with van der Waals surface area (Å²) in [4.78, 5) is 17.2. The average Bonchev–Trinajstić information content (AvgIpc) is 3.20. The smallest absolute Gasteiger partial charge is 0.146 e. The summed E-state index contributed by atoms with van der Waals surface area (Å²) >= 11 is 1.61. The van der Waals surface area contributed by atoms with Gasteiger partial charge in [-0.2, -0.15) is 0 Å². The molecule has 0 aliphatic heterocycles. The lowest BCUT2D eigenvalue weighted by Gasteiger charge is -2.04. The van der Waals surface area contributed by atoms with Gasteiger partial charge in [-0.1, -0.05) is 18.2 Å². The van der Waals surface area contributed by atoms with Gasteiger partial charge in [0.1, 0.15) is 5.78 Å². The molecule has 0 radical (unpaired) electrons. The molecule has 0 N–H and O–H groups in total. The minimum Gasteiger partial charge on any atom is -0.298 e. The number of benzene rings is 1. The predicted molar refractivity (Wildman–Crippen MR) is 70.2 cm³/mol. The van der Waals surface area contributed by atoms with Crippen LogP contribution in [0.15, 0.2) is 41.4 Å². The highest BCUT2D eigenvalue weighted by molar-refractivity contribution is 8.00. The van der Waals surface area contributed by atoms with E-state index in [1.165, 1.54) is 0 Å². The third kappa shape index (κ3) is 2.34. The van der Waals surface area contributed by atoms with Crippen molar-refractivity contribution in [3.63, 3.8) is 0 Å². The molecule has 1 aliphatic carbocycles. The Morgan fingerprint density at radius 2 is 2.12 bits per heavy atom. The van der Waals surface area contributed by atoms with Crippen molar-refractivity contribution >= 4 is 28.4 Å². The van der Waals surface area contributed by atoms with E-state index in [1.54, 1.807) is 18.0 Å². The number of rotatable bonds is 4. The summed E-state index contributed by atoms with van der Waals surface area (Å²) in [5, 5.41) is 1.14. The molecule has 0 unspecified atom stereocenters. The van der Waals surface area contributed by atoms with Crippen LogP contribution in [0, 0.1) is 5.92 Å². The van der Waals surface area contributed by atoms with Gasteiger partial charge < -0.3 is 0 Å². The highest BCUT2D eigenvalue weighted by Crippen LogP contribution is 2.33. The van der Waals surface area contributed by atoms with Gasteiger partial charge in [-0.15, -0.1) is 11.8 Å². The summed E-state index contributed by atoms with van der Waals surface area (Å²) in [6.45, 7) is 0. The zero-order valence-corrected chi connectivity index (χ0v) is 10.2. The van der Waals surface area contributed by atoms with Crippen molar-refractivity contribution in [3.8, 4) is 0 Å². The van der Waals surface area contributed by atoms with E-state index in [0.717, 1.165) is 28.6 Å². The normalized spacial score (nSPS) is 15.1. The molecule has 86 valence electrons.